The Balaban J connectivity index is 1.60. The molecule has 1 amide bonds. The highest BCUT2D eigenvalue weighted by Gasteiger charge is 2.49. The van der Waals surface area contributed by atoms with Gasteiger partial charge in [0.2, 0.25) is 0 Å². The van der Waals surface area contributed by atoms with Crippen molar-refractivity contribution in [3.63, 3.8) is 0 Å². The summed E-state index contributed by atoms with van der Waals surface area (Å²) in [6.45, 7) is 7.24. The Morgan fingerprint density at radius 1 is 1.14 bits per heavy atom. The summed E-state index contributed by atoms with van der Waals surface area (Å²) in [6.07, 6.45) is -2.48. The predicted molar refractivity (Wildman–Crippen MR) is 98.3 cm³/mol. The Labute approximate surface area is 164 Å². The zero-order chi connectivity index (χ0) is 20.3. The number of ether oxygens (including phenoxy) is 5. The molecule has 5 unspecified atom stereocenters. The maximum atomic E-state index is 12.5. The van der Waals surface area contributed by atoms with Gasteiger partial charge >= 0.3 is 12.1 Å². The van der Waals surface area contributed by atoms with Crippen molar-refractivity contribution < 1.29 is 33.3 Å². The minimum Gasteiger partial charge on any atom is -0.458 e. The van der Waals surface area contributed by atoms with Gasteiger partial charge in [-0.15, -0.1) is 0 Å². The minimum absolute atomic E-state index is 0.0554. The van der Waals surface area contributed by atoms with Gasteiger partial charge in [0, 0.05) is 0 Å². The largest absolute Gasteiger partial charge is 0.458 e. The second-order valence-corrected chi connectivity index (χ2v) is 7.50. The molecule has 1 N–H and O–H groups in total. The molecule has 1 aromatic rings. The van der Waals surface area contributed by atoms with Gasteiger partial charge in [-0.3, -0.25) is 0 Å². The van der Waals surface area contributed by atoms with E-state index < -0.39 is 36.1 Å². The molecular weight excluding hydrogens is 366 g/mol. The molecule has 2 aliphatic rings. The molecule has 2 saturated heterocycles. The number of benzene rings is 1. The summed E-state index contributed by atoms with van der Waals surface area (Å²) >= 11 is 0. The number of cyclic esters (lactones) is 1. The summed E-state index contributed by atoms with van der Waals surface area (Å²) < 4.78 is 28.3. The molecule has 3 rings (SSSR count). The molecule has 0 bridgehead atoms. The van der Waals surface area contributed by atoms with Gasteiger partial charge in [-0.1, -0.05) is 30.3 Å². The highest BCUT2D eigenvalue weighted by atomic mass is 16.8. The Hall–Kier alpha value is -2.16. The fourth-order valence-electron chi connectivity index (χ4n) is 3.29. The maximum absolute atomic E-state index is 12.5. The molecule has 0 saturated carbocycles. The third kappa shape index (κ3) is 5.01. The molecule has 1 aromatic carbocycles. The third-order valence-electron chi connectivity index (χ3n) is 4.71. The highest BCUT2D eigenvalue weighted by Crippen LogP contribution is 2.34. The van der Waals surface area contributed by atoms with Crippen molar-refractivity contribution in [1.29, 1.82) is 0 Å². The molecule has 8 nitrogen and oxygen atoms in total. The van der Waals surface area contributed by atoms with Gasteiger partial charge in [0.25, 0.3) is 0 Å². The lowest BCUT2D eigenvalue weighted by Crippen LogP contribution is -2.46. The van der Waals surface area contributed by atoms with E-state index in [2.05, 4.69) is 5.32 Å². The summed E-state index contributed by atoms with van der Waals surface area (Å²) in [6, 6.07) is 8.28. The van der Waals surface area contributed by atoms with Crippen LogP contribution in [0.5, 0.6) is 0 Å². The Bertz CT molecular complexity index is 693. The van der Waals surface area contributed by atoms with Crippen LogP contribution in [0.15, 0.2) is 30.3 Å². The van der Waals surface area contributed by atoms with E-state index in [1.54, 1.807) is 20.8 Å². The second kappa shape index (κ2) is 8.46. The number of amides is 1. The van der Waals surface area contributed by atoms with E-state index in [0.717, 1.165) is 5.56 Å². The molecule has 2 fully saturated rings. The van der Waals surface area contributed by atoms with Gasteiger partial charge in [-0.25, -0.2) is 9.59 Å². The molecule has 0 radical (unpaired) electrons. The smallest absolute Gasteiger partial charge is 0.408 e. The quantitative estimate of drug-likeness (QED) is 0.787. The average Bonchev–Trinajstić information content (AvgIpc) is 3.00. The minimum atomic E-state index is -0.986. The molecule has 8 heteroatoms. The zero-order valence-corrected chi connectivity index (χ0v) is 16.5. The summed E-state index contributed by atoms with van der Waals surface area (Å²) in [5, 5.41) is 2.52. The van der Waals surface area contributed by atoms with Gasteiger partial charge < -0.3 is 29.0 Å². The SMILES string of the molecule is CC1OCC(NC(=O)OCc2ccccc2)C(=O)OC(C)C2OC(C)(C)OC12. The van der Waals surface area contributed by atoms with Crippen LogP contribution in [0, 0.1) is 0 Å². The molecule has 5 atom stereocenters. The van der Waals surface area contributed by atoms with Crippen molar-refractivity contribution >= 4 is 12.1 Å². The van der Waals surface area contributed by atoms with Gasteiger partial charge in [0.15, 0.2) is 11.8 Å². The van der Waals surface area contributed by atoms with Gasteiger partial charge in [-0.2, -0.15) is 0 Å². The van der Waals surface area contributed by atoms with E-state index in [1.165, 1.54) is 0 Å². The van der Waals surface area contributed by atoms with E-state index in [1.807, 2.05) is 37.3 Å². The lowest BCUT2D eigenvalue weighted by molar-refractivity contribution is -0.176. The third-order valence-corrected chi connectivity index (χ3v) is 4.71. The number of hydrogen-bond acceptors (Lipinski definition) is 7. The van der Waals surface area contributed by atoms with Crippen LogP contribution in [0.25, 0.3) is 0 Å². The van der Waals surface area contributed by atoms with Crippen LogP contribution in [-0.4, -0.2) is 54.9 Å². The van der Waals surface area contributed by atoms with Crippen molar-refractivity contribution in [2.75, 3.05) is 6.61 Å². The number of fused-ring (bicyclic) bond motifs is 1. The van der Waals surface area contributed by atoms with Crippen molar-refractivity contribution in [3.05, 3.63) is 35.9 Å². The van der Waals surface area contributed by atoms with Crippen LogP contribution in [0.4, 0.5) is 4.79 Å². The number of carbonyl (C=O) groups excluding carboxylic acids is 2. The molecular formula is C20H27NO7. The number of esters is 1. The normalized spacial score (nSPS) is 32.3. The Kier molecular flexibility index (Phi) is 6.22. The van der Waals surface area contributed by atoms with Crippen LogP contribution in [0.1, 0.15) is 33.3 Å². The number of alkyl carbamates (subject to hydrolysis) is 1. The zero-order valence-electron chi connectivity index (χ0n) is 16.5. The van der Waals surface area contributed by atoms with E-state index in [0.29, 0.717) is 0 Å². The number of rotatable bonds is 3. The molecule has 0 spiro atoms. The van der Waals surface area contributed by atoms with E-state index in [-0.39, 0.29) is 25.4 Å². The van der Waals surface area contributed by atoms with Crippen LogP contribution in [-0.2, 0) is 35.1 Å². The van der Waals surface area contributed by atoms with Crippen molar-refractivity contribution in [2.24, 2.45) is 0 Å². The first kappa shape index (κ1) is 20.6. The van der Waals surface area contributed by atoms with Gasteiger partial charge in [-0.05, 0) is 33.3 Å². The number of hydrogen-bond donors (Lipinski definition) is 1. The first-order valence-electron chi connectivity index (χ1n) is 9.40. The number of carbonyl (C=O) groups is 2. The van der Waals surface area contributed by atoms with Crippen molar-refractivity contribution in [2.45, 2.75) is 70.5 Å². The van der Waals surface area contributed by atoms with Crippen molar-refractivity contribution in [1.82, 2.24) is 5.32 Å². The van der Waals surface area contributed by atoms with E-state index in [4.69, 9.17) is 23.7 Å². The Morgan fingerprint density at radius 3 is 2.46 bits per heavy atom. The fraction of sp³-hybridized carbons (Fsp3) is 0.600. The van der Waals surface area contributed by atoms with Gasteiger partial charge in [0.05, 0.1) is 12.7 Å². The van der Waals surface area contributed by atoms with Crippen molar-refractivity contribution in [3.8, 4) is 0 Å². The molecule has 2 heterocycles. The van der Waals surface area contributed by atoms with Crippen LogP contribution >= 0.6 is 0 Å². The lowest BCUT2D eigenvalue weighted by Gasteiger charge is -2.25. The molecule has 2 aliphatic heterocycles. The first-order chi connectivity index (χ1) is 13.2. The molecule has 28 heavy (non-hydrogen) atoms. The molecule has 0 aliphatic carbocycles. The first-order valence-corrected chi connectivity index (χ1v) is 9.40. The molecule has 154 valence electrons. The maximum Gasteiger partial charge on any atom is 0.408 e. The summed E-state index contributed by atoms with van der Waals surface area (Å²) in [5.74, 6) is -1.39. The highest BCUT2D eigenvalue weighted by molar-refractivity contribution is 5.81. The van der Waals surface area contributed by atoms with E-state index >= 15 is 0 Å². The predicted octanol–water partition coefficient (Wildman–Crippen LogP) is 2.15. The van der Waals surface area contributed by atoms with Gasteiger partial charge in [0.1, 0.15) is 24.9 Å². The summed E-state index contributed by atoms with van der Waals surface area (Å²) in [5.41, 5.74) is 0.845. The van der Waals surface area contributed by atoms with E-state index in [9.17, 15) is 9.59 Å². The topological polar surface area (TPSA) is 92.3 Å². The molecule has 0 aromatic heterocycles. The van der Waals surface area contributed by atoms with Crippen LogP contribution in [0.3, 0.4) is 0 Å². The lowest BCUT2D eigenvalue weighted by atomic mass is 10.1. The standard InChI is InChI=1S/C20H27NO7/c1-12-16-17(28-20(3,4)27-16)13(2)26-18(22)15(11-24-12)21-19(23)25-10-14-8-6-5-7-9-14/h5-9,12-13,15-17H,10-11H2,1-4H3,(H,21,23). The summed E-state index contributed by atoms with van der Waals surface area (Å²) in [7, 11) is 0. The second-order valence-electron chi connectivity index (χ2n) is 7.50. The Morgan fingerprint density at radius 2 is 1.79 bits per heavy atom. The van der Waals surface area contributed by atoms with Crippen LogP contribution in [0.2, 0.25) is 0 Å². The monoisotopic (exact) mass is 393 g/mol. The van der Waals surface area contributed by atoms with Crippen LogP contribution < -0.4 is 5.32 Å². The average molecular weight is 393 g/mol. The number of nitrogens with one attached hydrogen (secondary N) is 1. The fourth-order valence-corrected chi connectivity index (χ4v) is 3.29. The summed E-state index contributed by atoms with van der Waals surface area (Å²) in [4.78, 5) is 24.6.